The minimum absolute atomic E-state index is 0.102. The summed E-state index contributed by atoms with van der Waals surface area (Å²) in [5.41, 5.74) is 1.35. The van der Waals surface area contributed by atoms with Gasteiger partial charge in [-0.15, -0.1) is 0 Å². The van der Waals surface area contributed by atoms with Crippen LogP contribution in [-0.4, -0.2) is 23.3 Å². The number of benzene rings is 1. The smallest absolute Gasteiger partial charge is 0.314 e. The van der Waals surface area contributed by atoms with Crippen LogP contribution in [0.1, 0.15) is 48.8 Å². The van der Waals surface area contributed by atoms with E-state index in [-0.39, 0.29) is 5.75 Å². The third-order valence-electron chi connectivity index (χ3n) is 4.53. The summed E-state index contributed by atoms with van der Waals surface area (Å²) in [6, 6.07) is 1.81. The monoisotopic (exact) mass is 278 g/mol. The lowest BCUT2D eigenvalue weighted by Crippen LogP contribution is -2.38. The molecule has 1 aromatic carbocycles. The van der Waals surface area contributed by atoms with Gasteiger partial charge in [0.05, 0.1) is 12.5 Å². The fourth-order valence-corrected chi connectivity index (χ4v) is 3.37. The molecule has 2 rings (SSSR count). The summed E-state index contributed by atoms with van der Waals surface area (Å²) in [4.78, 5) is 11.9. The van der Waals surface area contributed by atoms with E-state index < -0.39 is 11.4 Å². The first-order chi connectivity index (χ1) is 9.44. The van der Waals surface area contributed by atoms with Gasteiger partial charge in [0.25, 0.3) is 0 Å². The van der Waals surface area contributed by atoms with Gasteiger partial charge in [-0.25, -0.2) is 0 Å². The normalized spacial score (nSPS) is 17.8. The van der Waals surface area contributed by atoms with Crippen molar-refractivity contribution < 1.29 is 19.7 Å². The Morgan fingerprint density at radius 2 is 1.85 bits per heavy atom. The number of rotatable bonds is 3. The number of carbonyl (C=O) groups is 1. The second-order valence-electron chi connectivity index (χ2n) is 5.70. The Labute approximate surface area is 119 Å². The van der Waals surface area contributed by atoms with Gasteiger partial charge in [0.1, 0.15) is 0 Å². The van der Waals surface area contributed by atoms with Gasteiger partial charge in [-0.2, -0.15) is 0 Å². The molecule has 0 heterocycles. The Kier molecular flexibility index (Phi) is 3.93. The van der Waals surface area contributed by atoms with E-state index in [2.05, 4.69) is 0 Å². The molecule has 1 saturated carbocycles. The second-order valence-corrected chi connectivity index (χ2v) is 5.70. The first-order valence-electron chi connectivity index (χ1n) is 7.05. The molecule has 0 spiro atoms. The molecule has 4 heteroatoms. The lowest BCUT2D eigenvalue weighted by Gasteiger charge is -2.35. The zero-order valence-electron chi connectivity index (χ0n) is 12.3. The van der Waals surface area contributed by atoms with Crippen molar-refractivity contribution in [3.05, 3.63) is 22.8 Å². The van der Waals surface area contributed by atoms with E-state index >= 15 is 0 Å². The van der Waals surface area contributed by atoms with Crippen LogP contribution in [0.3, 0.4) is 0 Å². The van der Waals surface area contributed by atoms with Crippen molar-refractivity contribution in [1.29, 1.82) is 0 Å². The Morgan fingerprint density at radius 3 is 2.35 bits per heavy atom. The van der Waals surface area contributed by atoms with Crippen molar-refractivity contribution in [2.75, 3.05) is 7.11 Å². The second kappa shape index (κ2) is 5.35. The SMILES string of the molecule is COc1c(C)c(C2(C(=O)O)CCCCC2)cc(C)c1O. The number of hydrogen-bond acceptors (Lipinski definition) is 3. The molecule has 0 atom stereocenters. The average molecular weight is 278 g/mol. The van der Waals surface area contributed by atoms with Crippen molar-refractivity contribution >= 4 is 5.97 Å². The molecular weight excluding hydrogens is 256 g/mol. The lowest BCUT2D eigenvalue weighted by molar-refractivity contribution is -0.145. The highest BCUT2D eigenvalue weighted by Crippen LogP contribution is 2.46. The number of ether oxygens (including phenoxy) is 1. The van der Waals surface area contributed by atoms with Crippen LogP contribution in [0, 0.1) is 13.8 Å². The molecule has 1 aliphatic rings. The summed E-state index contributed by atoms with van der Waals surface area (Å²) < 4.78 is 5.27. The van der Waals surface area contributed by atoms with E-state index in [4.69, 9.17) is 4.74 Å². The molecule has 0 radical (unpaired) electrons. The van der Waals surface area contributed by atoms with E-state index in [1.165, 1.54) is 7.11 Å². The van der Waals surface area contributed by atoms with Crippen LogP contribution in [0.2, 0.25) is 0 Å². The number of aliphatic carboxylic acids is 1. The van der Waals surface area contributed by atoms with Gasteiger partial charge in [-0.3, -0.25) is 4.79 Å². The number of methoxy groups -OCH3 is 1. The molecule has 2 N–H and O–H groups in total. The molecule has 4 nitrogen and oxygen atoms in total. The Morgan fingerprint density at radius 1 is 1.25 bits per heavy atom. The molecule has 1 aromatic rings. The molecule has 20 heavy (non-hydrogen) atoms. The summed E-state index contributed by atoms with van der Waals surface area (Å²) in [5.74, 6) is -0.274. The topological polar surface area (TPSA) is 66.8 Å². The maximum Gasteiger partial charge on any atom is 0.314 e. The number of phenols is 1. The standard InChI is InChI=1S/C16H22O4/c1-10-9-12(11(2)14(20-3)13(10)17)16(15(18)19)7-5-4-6-8-16/h9,17H,4-8H2,1-3H3,(H,18,19). The van der Waals surface area contributed by atoms with E-state index in [1.807, 2.05) is 13.0 Å². The maximum absolute atomic E-state index is 11.9. The minimum Gasteiger partial charge on any atom is -0.504 e. The van der Waals surface area contributed by atoms with Crippen LogP contribution in [0.4, 0.5) is 0 Å². The van der Waals surface area contributed by atoms with Crippen molar-refractivity contribution in [3.63, 3.8) is 0 Å². The van der Waals surface area contributed by atoms with Gasteiger partial charge >= 0.3 is 5.97 Å². The predicted molar refractivity (Wildman–Crippen MR) is 76.5 cm³/mol. The van der Waals surface area contributed by atoms with E-state index in [1.54, 1.807) is 6.92 Å². The summed E-state index contributed by atoms with van der Waals surface area (Å²) in [7, 11) is 1.50. The molecule has 0 saturated heterocycles. The van der Waals surface area contributed by atoms with Crippen LogP contribution in [0.25, 0.3) is 0 Å². The highest BCUT2D eigenvalue weighted by atomic mass is 16.5. The number of aromatic hydroxyl groups is 1. The van der Waals surface area contributed by atoms with Crippen molar-refractivity contribution in [1.82, 2.24) is 0 Å². The molecule has 1 fully saturated rings. The van der Waals surface area contributed by atoms with Crippen LogP contribution < -0.4 is 4.74 Å². The molecule has 1 aliphatic carbocycles. The van der Waals surface area contributed by atoms with Crippen molar-refractivity contribution in [2.45, 2.75) is 51.4 Å². The lowest BCUT2D eigenvalue weighted by atomic mass is 9.68. The summed E-state index contributed by atoms with van der Waals surface area (Å²) in [6.07, 6.45) is 4.23. The highest BCUT2D eigenvalue weighted by molar-refractivity contribution is 5.83. The molecule has 0 aliphatic heterocycles. The van der Waals surface area contributed by atoms with Gasteiger partial charge in [-0.1, -0.05) is 25.3 Å². The van der Waals surface area contributed by atoms with E-state index in [0.29, 0.717) is 24.2 Å². The average Bonchev–Trinajstić information content (AvgIpc) is 2.44. The van der Waals surface area contributed by atoms with Gasteiger partial charge in [0.2, 0.25) is 0 Å². The largest absolute Gasteiger partial charge is 0.504 e. The van der Waals surface area contributed by atoms with Gasteiger partial charge < -0.3 is 14.9 Å². The summed E-state index contributed by atoms with van der Waals surface area (Å²) >= 11 is 0. The number of aryl methyl sites for hydroxylation is 1. The summed E-state index contributed by atoms with van der Waals surface area (Å²) in [5, 5.41) is 19.8. The van der Waals surface area contributed by atoms with Crippen LogP contribution in [0.5, 0.6) is 11.5 Å². The van der Waals surface area contributed by atoms with Gasteiger partial charge in [0, 0.05) is 0 Å². The fraction of sp³-hybridized carbons (Fsp3) is 0.562. The van der Waals surface area contributed by atoms with Gasteiger partial charge in [0.15, 0.2) is 11.5 Å². The molecule has 110 valence electrons. The maximum atomic E-state index is 11.9. The molecule has 0 amide bonds. The third-order valence-corrected chi connectivity index (χ3v) is 4.53. The van der Waals surface area contributed by atoms with Gasteiger partial charge in [-0.05, 0) is 43.4 Å². The molecule has 0 bridgehead atoms. The van der Waals surface area contributed by atoms with Crippen molar-refractivity contribution in [3.8, 4) is 11.5 Å². The highest BCUT2D eigenvalue weighted by Gasteiger charge is 2.43. The number of carboxylic acids is 1. The van der Waals surface area contributed by atoms with Crippen molar-refractivity contribution in [2.24, 2.45) is 0 Å². The van der Waals surface area contributed by atoms with Crippen LogP contribution in [0.15, 0.2) is 6.07 Å². The molecular formula is C16H22O4. The zero-order chi connectivity index (χ0) is 14.9. The number of hydrogen-bond donors (Lipinski definition) is 2. The third kappa shape index (κ3) is 2.13. The first-order valence-corrected chi connectivity index (χ1v) is 7.05. The summed E-state index contributed by atoms with van der Waals surface area (Å²) in [6.45, 7) is 3.60. The zero-order valence-corrected chi connectivity index (χ0v) is 12.3. The minimum atomic E-state index is -0.839. The van der Waals surface area contributed by atoms with Crippen LogP contribution in [-0.2, 0) is 10.2 Å². The fourth-order valence-electron chi connectivity index (χ4n) is 3.37. The number of carboxylic acid groups (broad SMARTS) is 1. The number of phenolic OH excluding ortho intramolecular Hbond substituents is 1. The van der Waals surface area contributed by atoms with E-state index in [9.17, 15) is 15.0 Å². The molecule has 0 aromatic heterocycles. The van der Waals surface area contributed by atoms with Crippen LogP contribution >= 0.6 is 0 Å². The predicted octanol–water partition coefficient (Wildman–Crippen LogP) is 3.30. The Hall–Kier alpha value is -1.71. The quantitative estimate of drug-likeness (QED) is 0.890. The molecule has 0 unspecified atom stereocenters. The first kappa shape index (κ1) is 14.7. The Balaban J connectivity index is 2.66. The Bertz CT molecular complexity index is 528. The van der Waals surface area contributed by atoms with E-state index in [0.717, 1.165) is 30.4 Å².